The average molecular weight is 337 g/mol. The number of nitrogens with zero attached hydrogens (tertiary/aromatic N) is 2. The average Bonchev–Trinajstić information content (AvgIpc) is 2.92. The standard InChI is InChI=1S/C19H16FN3O2/c1-23-10-9-13(19(23)25)6-5-12-3-2-4-14(11-12)16-8-7-15(20)17(22-16)18(21)24/h2-4,7-8,11,13H,9-10H2,1H3,(H2,21,24)/t13-/m1/s1. The van der Waals surface area contributed by atoms with Crippen LogP contribution in [0.5, 0.6) is 0 Å². The molecule has 1 fully saturated rings. The van der Waals surface area contributed by atoms with Crippen LogP contribution in [0.15, 0.2) is 36.4 Å². The molecule has 0 unspecified atom stereocenters. The quantitative estimate of drug-likeness (QED) is 0.849. The number of primary amides is 1. The molecule has 0 aliphatic carbocycles. The van der Waals surface area contributed by atoms with Crippen LogP contribution in [0.4, 0.5) is 4.39 Å². The number of pyridine rings is 1. The Kier molecular flexibility index (Phi) is 4.48. The lowest BCUT2D eigenvalue weighted by Gasteiger charge is -2.05. The molecule has 0 spiro atoms. The minimum absolute atomic E-state index is 0.0370. The molecule has 25 heavy (non-hydrogen) atoms. The first kappa shape index (κ1) is 16.7. The van der Waals surface area contributed by atoms with E-state index in [4.69, 9.17) is 5.73 Å². The summed E-state index contributed by atoms with van der Waals surface area (Å²) in [6, 6.07) is 9.80. The second kappa shape index (κ2) is 6.73. The third kappa shape index (κ3) is 3.50. The molecule has 2 amide bonds. The third-order valence-corrected chi connectivity index (χ3v) is 4.06. The van der Waals surface area contributed by atoms with Crippen LogP contribution in [0.25, 0.3) is 11.3 Å². The molecule has 1 aromatic heterocycles. The highest BCUT2D eigenvalue weighted by atomic mass is 19.1. The lowest BCUT2D eigenvalue weighted by Crippen LogP contribution is -2.21. The SMILES string of the molecule is CN1CC[C@@H](C#Cc2cccc(-c3ccc(F)c(C(N)=O)n3)c2)C1=O. The van der Waals surface area contributed by atoms with Crippen LogP contribution in [-0.4, -0.2) is 35.3 Å². The van der Waals surface area contributed by atoms with Gasteiger partial charge in [-0.15, -0.1) is 0 Å². The zero-order valence-corrected chi connectivity index (χ0v) is 13.6. The van der Waals surface area contributed by atoms with E-state index in [0.29, 0.717) is 23.4 Å². The van der Waals surface area contributed by atoms with Crippen LogP contribution >= 0.6 is 0 Å². The molecule has 1 aliphatic heterocycles. The number of likely N-dealkylation sites (tertiary alicyclic amines) is 1. The van der Waals surface area contributed by atoms with E-state index in [1.165, 1.54) is 6.07 Å². The van der Waals surface area contributed by atoms with Crippen molar-refractivity contribution >= 4 is 11.8 Å². The number of carbonyl (C=O) groups is 2. The summed E-state index contributed by atoms with van der Waals surface area (Å²) < 4.78 is 13.6. The molecular weight excluding hydrogens is 321 g/mol. The van der Waals surface area contributed by atoms with Gasteiger partial charge >= 0.3 is 0 Å². The van der Waals surface area contributed by atoms with Crippen LogP contribution in [0, 0.1) is 23.6 Å². The van der Waals surface area contributed by atoms with Gasteiger partial charge in [-0.25, -0.2) is 9.37 Å². The van der Waals surface area contributed by atoms with Crippen LogP contribution < -0.4 is 5.73 Å². The minimum atomic E-state index is -0.917. The van der Waals surface area contributed by atoms with Crippen molar-refractivity contribution < 1.29 is 14.0 Å². The van der Waals surface area contributed by atoms with E-state index < -0.39 is 17.4 Å². The Morgan fingerprint density at radius 3 is 2.84 bits per heavy atom. The molecule has 1 aromatic carbocycles. The predicted octanol–water partition coefficient (Wildman–Crippen LogP) is 1.82. The first-order valence-corrected chi connectivity index (χ1v) is 7.79. The van der Waals surface area contributed by atoms with Gasteiger partial charge in [0.1, 0.15) is 5.92 Å². The summed E-state index contributed by atoms with van der Waals surface area (Å²) in [7, 11) is 1.77. The summed E-state index contributed by atoms with van der Waals surface area (Å²) in [4.78, 5) is 28.8. The van der Waals surface area contributed by atoms with Crippen molar-refractivity contribution in [2.24, 2.45) is 11.7 Å². The van der Waals surface area contributed by atoms with Gasteiger partial charge in [-0.05, 0) is 30.7 Å². The van der Waals surface area contributed by atoms with Crippen LogP contribution in [0.1, 0.15) is 22.5 Å². The Hall–Kier alpha value is -3.20. The van der Waals surface area contributed by atoms with E-state index in [0.717, 1.165) is 12.5 Å². The van der Waals surface area contributed by atoms with Gasteiger partial charge < -0.3 is 10.6 Å². The summed E-state index contributed by atoms with van der Waals surface area (Å²) in [5.41, 5.74) is 6.56. The van der Waals surface area contributed by atoms with Crippen molar-refractivity contribution in [3.63, 3.8) is 0 Å². The highest BCUT2D eigenvalue weighted by Gasteiger charge is 2.27. The van der Waals surface area contributed by atoms with Gasteiger partial charge in [0.05, 0.1) is 5.69 Å². The highest BCUT2D eigenvalue weighted by Crippen LogP contribution is 2.20. The first-order valence-electron chi connectivity index (χ1n) is 7.79. The Labute approximate surface area is 144 Å². The molecule has 2 heterocycles. The van der Waals surface area contributed by atoms with E-state index in [1.807, 2.05) is 6.07 Å². The molecule has 1 saturated heterocycles. The maximum Gasteiger partial charge on any atom is 0.270 e. The number of carbonyl (C=O) groups excluding carboxylic acids is 2. The third-order valence-electron chi connectivity index (χ3n) is 4.06. The van der Waals surface area contributed by atoms with E-state index in [-0.39, 0.29) is 11.8 Å². The van der Waals surface area contributed by atoms with E-state index in [2.05, 4.69) is 16.8 Å². The summed E-state index contributed by atoms with van der Waals surface area (Å²) in [6.45, 7) is 0.716. The number of amides is 2. The first-order chi connectivity index (χ1) is 12.0. The fourth-order valence-electron chi connectivity index (χ4n) is 2.66. The number of benzene rings is 1. The summed E-state index contributed by atoms with van der Waals surface area (Å²) in [5, 5.41) is 0. The summed E-state index contributed by atoms with van der Waals surface area (Å²) in [5.74, 6) is 4.09. The van der Waals surface area contributed by atoms with Crippen molar-refractivity contribution in [2.45, 2.75) is 6.42 Å². The molecule has 126 valence electrons. The molecule has 1 aliphatic rings. The molecule has 0 saturated carbocycles. The van der Waals surface area contributed by atoms with Gasteiger partial charge in [-0.3, -0.25) is 9.59 Å². The molecule has 5 nitrogen and oxygen atoms in total. The molecule has 2 aromatic rings. The highest BCUT2D eigenvalue weighted by molar-refractivity contribution is 5.91. The summed E-state index contributed by atoms with van der Waals surface area (Å²) >= 11 is 0. The van der Waals surface area contributed by atoms with Crippen LogP contribution in [0.2, 0.25) is 0 Å². The van der Waals surface area contributed by atoms with Gasteiger partial charge in [-0.1, -0.05) is 24.0 Å². The molecule has 3 rings (SSSR count). The van der Waals surface area contributed by atoms with Crippen LogP contribution in [-0.2, 0) is 4.79 Å². The summed E-state index contributed by atoms with van der Waals surface area (Å²) in [6.07, 6.45) is 0.726. The van der Waals surface area contributed by atoms with Crippen molar-refractivity contribution in [1.82, 2.24) is 9.88 Å². The minimum Gasteiger partial charge on any atom is -0.364 e. The van der Waals surface area contributed by atoms with Crippen molar-refractivity contribution in [3.05, 3.63) is 53.5 Å². The van der Waals surface area contributed by atoms with E-state index in [1.54, 1.807) is 30.1 Å². The van der Waals surface area contributed by atoms with Crippen molar-refractivity contribution in [1.29, 1.82) is 0 Å². The molecular formula is C19H16FN3O2. The second-order valence-electron chi connectivity index (χ2n) is 5.84. The topological polar surface area (TPSA) is 76.3 Å². The fraction of sp³-hybridized carbons (Fsp3) is 0.211. The maximum atomic E-state index is 13.6. The number of halogens is 1. The van der Waals surface area contributed by atoms with Crippen molar-refractivity contribution in [3.8, 4) is 23.1 Å². The Bertz CT molecular complexity index is 914. The monoisotopic (exact) mass is 337 g/mol. The molecule has 1 atom stereocenters. The number of nitrogens with two attached hydrogens (primary N) is 1. The number of hydrogen-bond donors (Lipinski definition) is 1. The number of hydrogen-bond acceptors (Lipinski definition) is 3. The normalized spacial score (nSPS) is 16.5. The zero-order chi connectivity index (χ0) is 18.0. The van der Waals surface area contributed by atoms with Gasteiger partial charge in [-0.2, -0.15) is 0 Å². The Morgan fingerprint density at radius 2 is 2.16 bits per heavy atom. The van der Waals surface area contributed by atoms with Gasteiger partial charge in [0.15, 0.2) is 11.5 Å². The van der Waals surface area contributed by atoms with Gasteiger partial charge in [0, 0.05) is 24.7 Å². The molecule has 0 radical (unpaired) electrons. The largest absolute Gasteiger partial charge is 0.364 e. The lowest BCUT2D eigenvalue weighted by molar-refractivity contribution is -0.128. The molecule has 6 heteroatoms. The van der Waals surface area contributed by atoms with Gasteiger partial charge in [0.25, 0.3) is 5.91 Å². The second-order valence-corrected chi connectivity index (χ2v) is 5.84. The van der Waals surface area contributed by atoms with E-state index in [9.17, 15) is 14.0 Å². The Balaban J connectivity index is 1.89. The van der Waals surface area contributed by atoms with E-state index >= 15 is 0 Å². The molecule has 0 bridgehead atoms. The number of rotatable bonds is 2. The van der Waals surface area contributed by atoms with Crippen LogP contribution in [0.3, 0.4) is 0 Å². The van der Waals surface area contributed by atoms with Gasteiger partial charge in [0.2, 0.25) is 5.91 Å². The lowest BCUT2D eigenvalue weighted by atomic mass is 10.1. The predicted molar refractivity (Wildman–Crippen MR) is 90.8 cm³/mol. The maximum absolute atomic E-state index is 13.6. The molecule has 2 N–H and O–H groups in total. The number of aromatic nitrogens is 1. The fourth-order valence-corrected chi connectivity index (χ4v) is 2.66. The Morgan fingerprint density at radius 1 is 1.36 bits per heavy atom. The smallest absolute Gasteiger partial charge is 0.270 e. The van der Waals surface area contributed by atoms with Crippen molar-refractivity contribution in [2.75, 3.05) is 13.6 Å². The zero-order valence-electron chi connectivity index (χ0n) is 13.6.